The van der Waals surface area contributed by atoms with Gasteiger partial charge in [0.2, 0.25) is 0 Å². The maximum Gasteiger partial charge on any atom is 0.416 e. The second kappa shape index (κ2) is 5.04. The first-order valence-electron chi connectivity index (χ1n) is 6.61. The highest BCUT2D eigenvalue weighted by Gasteiger charge is 2.36. The van der Waals surface area contributed by atoms with Gasteiger partial charge in [0, 0.05) is 24.0 Å². The number of nitrogens with one attached hydrogen (secondary N) is 2. The highest BCUT2D eigenvalue weighted by Crippen LogP contribution is 2.39. The molecule has 0 fully saturated rings. The Morgan fingerprint density at radius 2 is 1.95 bits per heavy atom. The van der Waals surface area contributed by atoms with Crippen LogP contribution in [0.2, 0.25) is 0 Å². The monoisotopic (exact) mass is 311 g/mol. The molecular weight excluding hydrogens is 299 g/mol. The molecule has 1 aliphatic heterocycles. The first kappa shape index (κ1) is 14.4. The minimum absolute atomic E-state index is 0.174. The zero-order chi connectivity index (χ0) is 15.9. The van der Waals surface area contributed by atoms with Crippen molar-refractivity contribution < 1.29 is 13.2 Å². The van der Waals surface area contributed by atoms with E-state index in [9.17, 15) is 22.8 Å². The van der Waals surface area contributed by atoms with Crippen molar-refractivity contribution in [3.8, 4) is 0 Å². The lowest BCUT2D eigenvalue weighted by Gasteiger charge is -2.20. The summed E-state index contributed by atoms with van der Waals surface area (Å²) >= 11 is 0. The van der Waals surface area contributed by atoms with Crippen LogP contribution in [-0.2, 0) is 19.1 Å². The van der Waals surface area contributed by atoms with Crippen LogP contribution in [0.1, 0.15) is 16.8 Å². The number of hydrogen-bond acceptors (Lipinski definition) is 3. The zero-order valence-electron chi connectivity index (χ0n) is 11.3. The molecule has 0 radical (unpaired) electrons. The van der Waals surface area contributed by atoms with Crippen LogP contribution in [0.15, 0.2) is 33.9 Å². The van der Waals surface area contributed by atoms with Gasteiger partial charge in [0.1, 0.15) is 0 Å². The number of nitrogens with zero attached hydrogens (tertiary/aromatic N) is 1. The summed E-state index contributed by atoms with van der Waals surface area (Å²) in [5.74, 6) is 0. The van der Waals surface area contributed by atoms with Gasteiger partial charge >= 0.3 is 11.9 Å². The number of alkyl halides is 3. The van der Waals surface area contributed by atoms with Gasteiger partial charge in [-0.1, -0.05) is 6.07 Å². The van der Waals surface area contributed by atoms with E-state index in [4.69, 9.17) is 0 Å². The Hall–Kier alpha value is -2.51. The quantitative estimate of drug-likeness (QED) is 0.886. The summed E-state index contributed by atoms with van der Waals surface area (Å²) in [5, 5.41) is 0. The third-order valence-corrected chi connectivity index (χ3v) is 3.61. The van der Waals surface area contributed by atoms with Crippen molar-refractivity contribution in [3.05, 3.63) is 61.9 Å². The Kier molecular flexibility index (Phi) is 3.31. The number of aromatic amines is 2. The molecule has 3 rings (SSSR count). The van der Waals surface area contributed by atoms with Gasteiger partial charge in [-0.3, -0.25) is 9.78 Å². The molecule has 0 saturated carbocycles. The zero-order valence-corrected chi connectivity index (χ0v) is 11.3. The van der Waals surface area contributed by atoms with E-state index in [0.29, 0.717) is 17.9 Å². The molecule has 0 atom stereocenters. The fraction of sp³-hybridized carbons (Fsp3) is 0.286. The lowest BCUT2D eigenvalue weighted by Crippen LogP contribution is -2.27. The number of hydrogen-bond donors (Lipinski definition) is 2. The largest absolute Gasteiger partial charge is 0.416 e. The van der Waals surface area contributed by atoms with E-state index < -0.39 is 23.0 Å². The van der Waals surface area contributed by atoms with E-state index in [1.165, 1.54) is 12.1 Å². The number of benzene rings is 1. The minimum atomic E-state index is -4.39. The summed E-state index contributed by atoms with van der Waals surface area (Å²) in [5.41, 5.74) is -0.711. The van der Waals surface area contributed by atoms with E-state index in [0.717, 1.165) is 6.07 Å². The van der Waals surface area contributed by atoms with Gasteiger partial charge in [-0.05, 0) is 24.1 Å². The molecule has 0 aliphatic carbocycles. The van der Waals surface area contributed by atoms with Crippen molar-refractivity contribution in [1.29, 1.82) is 0 Å². The summed E-state index contributed by atoms with van der Waals surface area (Å²) < 4.78 is 39.0. The SMILES string of the molecule is O=c1cc(CN2CCc3c2cccc3C(F)(F)F)[nH]c(=O)[nH]1. The molecule has 1 aliphatic rings. The molecule has 1 aromatic carbocycles. The van der Waals surface area contributed by atoms with Crippen LogP contribution >= 0.6 is 0 Å². The van der Waals surface area contributed by atoms with Crippen LogP contribution in [0, 0.1) is 0 Å². The summed E-state index contributed by atoms with van der Waals surface area (Å²) in [6.45, 7) is 0.574. The van der Waals surface area contributed by atoms with Gasteiger partial charge < -0.3 is 9.88 Å². The third-order valence-electron chi connectivity index (χ3n) is 3.61. The van der Waals surface area contributed by atoms with Gasteiger partial charge in [-0.15, -0.1) is 0 Å². The molecule has 0 spiro atoms. The Morgan fingerprint density at radius 1 is 1.18 bits per heavy atom. The molecule has 0 saturated heterocycles. The molecule has 116 valence electrons. The predicted octanol–water partition coefficient (Wildman–Crippen LogP) is 1.64. The van der Waals surface area contributed by atoms with Crippen molar-refractivity contribution in [2.75, 3.05) is 11.4 Å². The Balaban J connectivity index is 1.95. The predicted molar refractivity (Wildman–Crippen MR) is 73.9 cm³/mol. The fourth-order valence-electron chi connectivity index (χ4n) is 2.74. The van der Waals surface area contributed by atoms with Crippen LogP contribution in [0.4, 0.5) is 18.9 Å². The molecule has 0 bridgehead atoms. The third kappa shape index (κ3) is 2.63. The Bertz CT molecular complexity index is 795. The standard InChI is InChI=1S/C14H12F3N3O2/c15-14(16,17)10-2-1-3-11-9(10)4-5-20(11)7-8-6-12(21)19-13(22)18-8/h1-3,6H,4-5,7H2,(H2,18,19,21,22). The van der Waals surface area contributed by atoms with E-state index in [-0.39, 0.29) is 18.5 Å². The number of H-pyrrole nitrogens is 2. The number of aromatic nitrogens is 2. The van der Waals surface area contributed by atoms with Gasteiger partial charge in [-0.25, -0.2) is 4.79 Å². The molecule has 0 amide bonds. The van der Waals surface area contributed by atoms with Gasteiger partial charge in [-0.2, -0.15) is 13.2 Å². The van der Waals surface area contributed by atoms with Gasteiger partial charge in [0.05, 0.1) is 12.1 Å². The van der Waals surface area contributed by atoms with Crippen LogP contribution < -0.4 is 16.1 Å². The second-order valence-corrected chi connectivity index (χ2v) is 5.09. The van der Waals surface area contributed by atoms with Crippen molar-refractivity contribution in [3.63, 3.8) is 0 Å². The highest BCUT2D eigenvalue weighted by atomic mass is 19.4. The summed E-state index contributed by atoms with van der Waals surface area (Å²) in [4.78, 5) is 28.8. The fourth-order valence-corrected chi connectivity index (χ4v) is 2.74. The first-order chi connectivity index (χ1) is 10.3. The van der Waals surface area contributed by atoms with Crippen LogP contribution in [-0.4, -0.2) is 16.5 Å². The van der Waals surface area contributed by atoms with E-state index in [1.807, 2.05) is 4.98 Å². The van der Waals surface area contributed by atoms with Crippen LogP contribution in [0.25, 0.3) is 0 Å². The van der Waals surface area contributed by atoms with Crippen LogP contribution in [0.5, 0.6) is 0 Å². The lowest BCUT2D eigenvalue weighted by atomic mass is 10.0. The second-order valence-electron chi connectivity index (χ2n) is 5.09. The minimum Gasteiger partial charge on any atom is -0.365 e. The van der Waals surface area contributed by atoms with Crippen LogP contribution in [0.3, 0.4) is 0 Å². The highest BCUT2D eigenvalue weighted by molar-refractivity contribution is 5.61. The average molecular weight is 311 g/mol. The number of fused-ring (bicyclic) bond motifs is 1. The molecule has 8 heteroatoms. The first-order valence-corrected chi connectivity index (χ1v) is 6.61. The number of rotatable bonds is 2. The summed E-state index contributed by atoms with van der Waals surface area (Å²) in [6.07, 6.45) is -4.11. The Morgan fingerprint density at radius 3 is 2.64 bits per heavy atom. The van der Waals surface area contributed by atoms with Crippen molar-refractivity contribution in [2.45, 2.75) is 19.1 Å². The van der Waals surface area contributed by atoms with E-state index >= 15 is 0 Å². The molecule has 2 aromatic rings. The molecular formula is C14H12F3N3O2. The molecule has 22 heavy (non-hydrogen) atoms. The van der Waals surface area contributed by atoms with Gasteiger partial charge in [0.25, 0.3) is 5.56 Å². The van der Waals surface area contributed by atoms with Crippen molar-refractivity contribution >= 4 is 5.69 Å². The molecule has 5 nitrogen and oxygen atoms in total. The molecule has 2 heterocycles. The topological polar surface area (TPSA) is 69.0 Å². The molecule has 2 N–H and O–H groups in total. The number of anilines is 1. The van der Waals surface area contributed by atoms with E-state index in [2.05, 4.69) is 4.98 Å². The normalized spacial score (nSPS) is 14.2. The summed E-state index contributed by atoms with van der Waals surface area (Å²) in [7, 11) is 0. The van der Waals surface area contributed by atoms with E-state index in [1.54, 1.807) is 11.0 Å². The maximum atomic E-state index is 13.0. The summed E-state index contributed by atoms with van der Waals surface area (Å²) in [6, 6.07) is 5.27. The molecule has 1 aromatic heterocycles. The molecule has 0 unspecified atom stereocenters. The smallest absolute Gasteiger partial charge is 0.365 e. The number of halogens is 3. The average Bonchev–Trinajstić information content (AvgIpc) is 2.79. The Labute approximate surface area is 122 Å². The van der Waals surface area contributed by atoms with Gasteiger partial charge in [0.15, 0.2) is 0 Å². The van der Waals surface area contributed by atoms with Crippen molar-refractivity contribution in [2.24, 2.45) is 0 Å². The van der Waals surface area contributed by atoms with Crippen molar-refractivity contribution in [1.82, 2.24) is 9.97 Å². The lowest BCUT2D eigenvalue weighted by molar-refractivity contribution is -0.138. The maximum absolute atomic E-state index is 13.0.